The summed E-state index contributed by atoms with van der Waals surface area (Å²) in [5.41, 5.74) is 5.24. The maximum atomic E-state index is 13.9. The van der Waals surface area contributed by atoms with Gasteiger partial charge in [0.15, 0.2) is 11.5 Å². The number of pyridine rings is 2. The molecule has 0 aliphatic carbocycles. The molecule has 2 atom stereocenters. The molecule has 18 nitrogen and oxygen atoms in total. The first-order valence-electron chi connectivity index (χ1n) is 24.5. The monoisotopic (exact) mass is 983 g/mol. The van der Waals surface area contributed by atoms with Crippen molar-refractivity contribution in [3.05, 3.63) is 144 Å². The molecule has 0 unspecified atom stereocenters. The van der Waals surface area contributed by atoms with Gasteiger partial charge in [-0.3, -0.25) is 38.8 Å². The Balaban J connectivity index is 0.914. The lowest BCUT2D eigenvalue weighted by molar-refractivity contribution is -0.138. The van der Waals surface area contributed by atoms with Crippen molar-refractivity contribution in [2.45, 2.75) is 103 Å². The highest BCUT2D eigenvalue weighted by atomic mass is 16.7. The second-order valence-corrected chi connectivity index (χ2v) is 17.6. The van der Waals surface area contributed by atoms with Gasteiger partial charge in [0.2, 0.25) is 30.4 Å². The number of fused-ring (bicyclic) bond motifs is 1. The van der Waals surface area contributed by atoms with Gasteiger partial charge in [-0.2, -0.15) is 0 Å². The first-order valence-corrected chi connectivity index (χ1v) is 24.5. The predicted molar refractivity (Wildman–Crippen MR) is 272 cm³/mol. The van der Waals surface area contributed by atoms with Crippen molar-refractivity contribution in [3.63, 3.8) is 0 Å². The number of carboxylic acid groups (broad SMARTS) is 1. The van der Waals surface area contributed by atoms with Crippen LogP contribution in [0.1, 0.15) is 98.3 Å². The van der Waals surface area contributed by atoms with Crippen molar-refractivity contribution < 1.29 is 43.3 Å². The smallest absolute Gasteiger partial charge is 0.323 e. The second-order valence-electron chi connectivity index (χ2n) is 17.6. The van der Waals surface area contributed by atoms with E-state index in [1.807, 2.05) is 61.5 Å². The van der Waals surface area contributed by atoms with Crippen molar-refractivity contribution >= 4 is 47.0 Å². The lowest BCUT2D eigenvalue weighted by atomic mass is 10.0. The maximum absolute atomic E-state index is 13.9. The van der Waals surface area contributed by atoms with E-state index in [2.05, 4.69) is 46.8 Å². The number of unbranched alkanes of at least 4 members (excludes halogenated alkanes) is 4. The number of nitrogens with one attached hydrogen (secondary N) is 6. The third-order valence-corrected chi connectivity index (χ3v) is 11.9. The Morgan fingerprint density at radius 1 is 0.667 bits per heavy atom. The number of ether oxygens (including phenoxy) is 2. The Kier molecular flexibility index (Phi) is 21.3. The van der Waals surface area contributed by atoms with Crippen molar-refractivity contribution in [2.75, 3.05) is 37.1 Å². The average Bonchev–Trinajstić information content (AvgIpc) is 3.85. The molecule has 0 bridgehead atoms. The summed E-state index contributed by atoms with van der Waals surface area (Å²) < 4.78 is 10.9. The van der Waals surface area contributed by atoms with Gasteiger partial charge in [-0.1, -0.05) is 61.4 Å². The van der Waals surface area contributed by atoms with Crippen molar-refractivity contribution in [1.82, 2.24) is 36.1 Å². The molecule has 72 heavy (non-hydrogen) atoms. The van der Waals surface area contributed by atoms with Crippen LogP contribution in [0.2, 0.25) is 0 Å². The summed E-state index contributed by atoms with van der Waals surface area (Å²) in [6, 6.07) is 28.5. The van der Waals surface area contributed by atoms with E-state index in [4.69, 9.17) is 9.47 Å². The Morgan fingerprint density at radius 3 is 1.96 bits per heavy atom. The van der Waals surface area contributed by atoms with Crippen LogP contribution in [-0.2, 0) is 43.5 Å². The van der Waals surface area contributed by atoms with Crippen LogP contribution in [-0.4, -0.2) is 88.1 Å². The lowest BCUT2D eigenvalue weighted by Gasteiger charge is -2.23. The van der Waals surface area contributed by atoms with E-state index < -0.39 is 42.3 Å². The van der Waals surface area contributed by atoms with E-state index in [0.29, 0.717) is 53.4 Å². The summed E-state index contributed by atoms with van der Waals surface area (Å²) >= 11 is 0. The van der Waals surface area contributed by atoms with Gasteiger partial charge < -0.3 is 46.5 Å². The number of aromatic nitrogens is 2. The second kappa shape index (κ2) is 28.7. The molecule has 0 saturated carbocycles. The van der Waals surface area contributed by atoms with Crippen molar-refractivity contribution in [1.29, 1.82) is 0 Å². The number of carboxylic acids is 1. The minimum Gasteiger partial charge on any atom is -0.481 e. The fourth-order valence-corrected chi connectivity index (χ4v) is 8.03. The highest BCUT2D eigenvalue weighted by Gasteiger charge is 2.27. The number of hydrogen-bond acceptors (Lipinski definition) is 11. The van der Waals surface area contributed by atoms with Crippen molar-refractivity contribution in [2.24, 2.45) is 0 Å². The quantitative estimate of drug-likeness (QED) is 0.0241. The maximum Gasteiger partial charge on any atom is 0.323 e. The van der Waals surface area contributed by atoms with Gasteiger partial charge >= 0.3 is 12.0 Å². The van der Waals surface area contributed by atoms with Crippen LogP contribution < -0.4 is 41.4 Å². The summed E-state index contributed by atoms with van der Waals surface area (Å²) in [6.07, 6.45) is 8.06. The highest BCUT2D eigenvalue weighted by Crippen LogP contribution is 2.35. The first kappa shape index (κ1) is 53.5. The van der Waals surface area contributed by atoms with E-state index in [1.165, 1.54) is 0 Å². The van der Waals surface area contributed by atoms with E-state index in [9.17, 15) is 33.9 Å². The van der Waals surface area contributed by atoms with E-state index in [1.54, 1.807) is 60.9 Å². The van der Waals surface area contributed by atoms with Crippen LogP contribution in [0.5, 0.6) is 11.5 Å². The number of nitrogens with zero attached hydrogens (tertiary/aromatic N) is 3. The minimum absolute atomic E-state index is 0.0198. The third kappa shape index (κ3) is 18.8. The summed E-state index contributed by atoms with van der Waals surface area (Å²) in [4.78, 5) is 88.4. The fourth-order valence-electron chi connectivity index (χ4n) is 8.03. The number of aliphatic carboxylic acids is 1. The summed E-state index contributed by atoms with van der Waals surface area (Å²) in [7, 11) is 0. The highest BCUT2D eigenvalue weighted by molar-refractivity contribution is 6.00. The SMILES string of the molecule is Cc1ccccc1NC(=O)Nc1ccc(CC(=O)N[C@@H](CCCCNC(=O)CCC(=O)NCCCCCCN(Cc2ccccn2)Cc2ccccn2)C(=O)N[C@@H](CC(=O)O)c2ccc3c(c2)OCO3)cc1. The van der Waals surface area contributed by atoms with E-state index in [-0.39, 0.29) is 50.8 Å². The Bertz CT molecular complexity index is 2510. The van der Waals surface area contributed by atoms with Gasteiger partial charge in [-0.05, 0) is 117 Å². The third-order valence-electron chi connectivity index (χ3n) is 11.9. The number of amides is 6. The van der Waals surface area contributed by atoms with E-state index >= 15 is 0 Å². The molecule has 1 aliphatic heterocycles. The fraction of sp³-hybridized carbons (Fsp3) is 0.370. The topological polar surface area (TPSA) is 242 Å². The summed E-state index contributed by atoms with van der Waals surface area (Å²) in [5.74, 6) is -1.72. The molecule has 1 aliphatic rings. The molecule has 0 radical (unpaired) electrons. The zero-order chi connectivity index (χ0) is 50.9. The number of urea groups is 1. The van der Waals surface area contributed by atoms with E-state index in [0.717, 1.165) is 62.3 Å². The number of carbonyl (C=O) groups is 6. The van der Waals surface area contributed by atoms with Crippen LogP contribution in [0, 0.1) is 6.92 Å². The Morgan fingerprint density at radius 2 is 1.31 bits per heavy atom. The molecule has 2 aromatic heterocycles. The van der Waals surface area contributed by atoms with Gasteiger partial charge in [0, 0.05) is 62.8 Å². The molecule has 7 N–H and O–H groups in total. The predicted octanol–water partition coefficient (Wildman–Crippen LogP) is 6.96. The molecule has 0 spiro atoms. The molecular formula is C54H65N9O9. The normalized spacial score (nSPS) is 12.3. The van der Waals surface area contributed by atoms with Crippen LogP contribution in [0.25, 0.3) is 0 Å². The van der Waals surface area contributed by atoms with Gasteiger partial charge in [-0.25, -0.2) is 4.79 Å². The zero-order valence-electron chi connectivity index (χ0n) is 40.7. The van der Waals surface area contributed by atoms with Gasteiger partial charge in [-0.15, -0.1) is 0 Å². The number of aryl methyl sites for hydroxylation is 1. The first-order chi connectivity index (χ1) is 35.0. The molecule has 6 amide bonds. The number of carbonyl (C=O) groups excluding carboxylic acids is 5. The Hall–Kier alpha value is -7.86. The lowest BCUT2D eigenvalue weighted by Crippen LogP contribution is -2.48. The molecular weight excluding hydrogens is 919 g/mol. The molecule has 380 valence electrons. The number of anilines is 2. The molecule has 6 rings (SSSR count). The van der Waals surface area contributed by atoms with Gasteiger partial charge in [0.25, 0.3) is 0 Å². The summed E-state index contributed by atoms with van der Waals surface area (Å²) in [6.45, 7) is 5.10. The molecule has 3 aromatic carbocycles. The van der Waals surface area contributed by atoms with Crippen LogP contribution in [0.3, 0.4) is 0 Å². The van der Waals surface area contributed by atoms with Crippen LogP contribution >= 0.6 is 0 Å². The number of hydrogen-bond donors (Lipinski definition) is 7. The number of rotatable bonds is 29. The summed E-state index contributed by atoms with van der Waals surface area (Å²) in [5, 5.41) is 26.7. The standard InChI is InChI=1S/C54H65N9O9/c1-38-14-4-5-17-44(38)62-54(70)59-41-22-19-39(20-23-41)32-51(66)60-45(53(69)61-46(34-52(67)68)40-21-24-47-48(33-40)72-37-71-47)18-8-12-30-58-50(65)26-25-49(64)57-29-9-2-3-13-31-63(35-42-15-6-10-27-55-42)36-43-16-7-11-28-56-43/h4-7,10-11,14-17,19-24,27-28,33,45-46H,2-3,8-9,12-13,18,25-26,29-32,34-37H2,1H3,(H,57,64)(H,58,65)(H,60,66)(H,61,69)(H,67,68)(H2,59,62,70)/t45-,46-/m0/s1. The van der Waals surface area contributed by atoms with Gasteiger partial charge in [0.05, 0.1) is 30.3 Å². The molecule has 3 heterocycles. The van der Waals surface area contributed by atoms with Crippen LogP contribution in [0.4, 0.5) is 16.2 Å². The zero-order valence-corrected chi connectivity index (χ0v) is 40.7. The molecule has 5 aromatic rings. The average molecular weight is 984 g/mol. The van der Waals surface area contributed by atoms with Crippen LogP contribution in [0.15, 0.2) is 116 Å². The number of para-hydroxylation sites is 1. The minimum atomic E-state index is -1.14. The molecule has 0 saturated heterocycles. The molecule has 18 heteroatoms. The number of benzene rings is 3. The Labute approximate surface area is 420 Å². The van der Waals surface area contributed by atoms with Gasteiger partial charge in [0.1, 0.15) is 6.04 Å². The molecule has 0 fully saturated rings. The van der Waals surface area contributed by atoms with Crippen molar-refractivity contribution in [3.8, 4) is 11.5 Å². The largest absolute Gasteiger partial charge is 0.481 e.